The lowest BCUT2D eigenvalue weighted by Crippen LogP contribution is -2.23. The third-order valence-corrected chi connectivity index (χ3v) is 5.62. The molecule has 28 heavy (non-hydrogen) atoms. The molecule has 0 aliphatic carbocycles. The lowest BCUT2D eigenvalue weighted by molar-refractivity contribution is -0.116. The van der Waals surface area contributed by atoms with Gasteiger partial charge in [0.05, 0.1) is 11.4 Å². The number of amides is 2. The molecule has 0 unspecified atom stereocenters. The fraction of sp³-hybridized carbons (Fsp3) is 0.150. The standard InChI is InChI=1S/C20H18FN3O2S2/c1-13(25)22-15-7-9-17(10-8-15)27-11-16-12-28-20(23-16)24(14(2)26)19-6-4-3-5-18(19)21/h3-10,12H,11H2,1-2H3,(H,22,25). The van der Waals surface area contributed by atoms with Crippen LogP contribution in [-0.2, 0) is 15.3 Å². The summed E-state index contributed by atoms with van der Waals surface area (Å²) >= 11 is 2.89. The van der Waals surface area contributed by atoms with Crippen molar-refractivity contribution in [1.82, 2.24) is 4.98 Å². The number of hydrogen-bond donors (Lipinski definition) is 1. The number of carbonyl (C=O) groups excluding carboxylic acids is 2. The first-order valence-electron chi connectivity index (χ1n) is 8.44. The fourth-order valence-electron chi connectivity index (χ4n) is 2.50. The third kappa shape index (κ3) is 4.96. The number of rotatable bonds is 6. The Morgan fingerprint density at radius 2 is 1.86 bits per heavy atom. The molecule has 8 heteroatoms. The van der Waals surface area contributed by atoms with Crippen molar-refractivity contribution < 1.29 is 14.0 Å². The van der Waals surface area contributed by atoms with E-state index in [-0.39, 0.29) is 17.5 Å². The molecule has 0 saturated carbocycles. The van der Waals surface area contributed by atoms with Crippen molar-refractivity contribution in [3.63, 3.8) is 0 Å². The van der Waals surface area contributed by atoms with Gasteiger partial charge in [0.1, 0.15) is 5.82 Å². The zero-order valence-electron chi connectivity index (χ0n) is 15.3. The van der Waals surface area contributed by atoms with E-state index in [9.17, 15) is 14.0 Å². The Morgan fingerprint density at radius 3 is 2.50 bits per heavy atom. The van der Waals surface area contributed by atoms with Crippen LogP contribution in [0.2, 0.25) is 0 Å². The minimum Gasteiger partial charge on any atom is -0.326 e. The molecule has 0 atom stereocenters. The van der Waals surface area contributed by atoms with Crippen molar-refractivity contribution in [2.75, 3.05) is 10.2 Å². The Labute approximate surface area is 170 Å². The molecule has 0 spiro atoms. The molecule has 2 amide bonds. The topological polar surface area (TPSA) is 62.3 Å². The molecule has 0 bridgehead atoms. The first kappa shape index (κ1) is 20.0. The van der Waals surface area contributed by atoms with Crippen LogP contribution in [0.25, 0.3) is 0 Å². The monoisotopic (exact) mass is 415 g/mol. The van der Waals surface area contributed by atoms with Crippen molar-refractivity contribution in [3.8, 4) is 0 Å². The van der Waals surface area contributed by atoms with Crippen LogP contribution in [0.3, 0.4) is 0 Å². The summed E-state index contributed by atoms with van der Waals surface area (Å²) in [5.74, 6) is -0.269. The van der Waals surface area contributed by atoms with Gasteiger partial charge in [0, 0.05) is 35.6 Å². The second kappa shape index (κ2) is 8.99. The van der Waals surface area contributed by atoms with E-state index in [1.807, 2.05) is 29.6 Å². The van der Waals surface area contributed by atoms with Crippen molar-refractivity contribution in [2.24, 2.45) is 0 Å². The van der Waals surface area contributed by atoms with E-state index >= 15 is 0 Å². The average molecular weight is 416 g/mol. The number of aromatic nitrogens is 1. The highest BCUT2D eigenvalue weighted by atomic mass is 32.2. The molecule has 1 heterocycles. The molecule has 0 aliphatic rings. The highest BCUT2D eigenvalue weighted by molar-refractivity contribution is 7.98. The van der Waals surface area contributed by atoms with Gasteiger partial charge in [0.25, 0.3) is 0 Å². The van der Waals surface area contributed by atoms with Crippen LogP contribution < -0.4 is 10.2 Å². The molecule has 2 aromatic carbocycles. The van der Waals surface area contributed by atoms with E-state index < -0.39 is 5.82 Å². The Kier molecular flexibility index (Phi) is 6.43. The SMILES string of the molecule is CC(=O)Nc1ccc(SCc2csc(N(C(C)=O)c3ccccc3F)n2)cc1. The number of nitrogens with zero attached hydrogens (tertiary/aromatic N) is 2. The van der Waals surface area contributed by atoms with Gasteiger partial charge >= 0.3 is 0 Å². The molecule has 1 N–H and O–H groups in total. The summed E-state index contributed by atoms with van der Waals surface area (Å²) in [6.07, 6.45) is 0. The lowest BCUT2D eigenvalue weighted by Gasteiger charge is -2.18. The Balaban J connectivity index is 1.70. The maximum Gasteiger partial charge on any atom is 0.230 e. The van der Waals surface area contributed by atoms with Crippen molar-refractivity contribution in [3.05, 3.63) is 65.4 Å². The maximum atomic E-state index is 14.1. The summed E-state index contributed by atoms with van der Waals surface area (Å²) in [4.78, 5) is 30.0. The number of para-hydroxylation sites is 1. The van der Waals surface area contributed by atoms with Crippen LogP contribution in [0.15, 0.2) is 58.8 Å². The number of nitrogens with one attached hydrogen (secondary N) is 1. The summed E-state index contributed by atoms with van der Waals surface area (Å²) in [7, 11) is 0. The average Bonchev–Trinajstić information content (AvgIpc) is 3.11. The van der Waals surface area contributed by atoms with Crippen LogP contribution in [0.1, 0.15) is 19.5 Å². The van der Waals surface area contributed by atoms with Crippen molar-refractivity contribution >= 4 is 51.4 Å². The van der Waals surface area contributed by atoms with Crippen LogP contribution in [0.4, 0.5) is 20.9 Å². The number of benzene rings is 2. The second-order valence-corrected chi connectivity index (χ2v) is 7.81. The molecule has 1 aromatic heterocycles. The molecule has 0 saturated heterocycles. The summed E-state index contributed by atoms with van der Waals surface area (Å²) in [6.45, 7) is 2.85. The van der Waals surface area contributed by atoms with Gasteiger partial charge in [-0.2, -0.15) is 0 Å². The number of thioether (sulfide) groups is 1. The van der Waals surface area contributed by atoms with Crippen molar-refractivity contribution in [2.45, 2.75) is 24.5 Å². The van der Waals surface area contributed by atoms with Gasteiger partial charge in [-0.3, -0.25) is 14.5 Å². The van der Waals surface area contributed by atoms with Gasteiger partial charge in [-0.1, -0.05) is 12.1 Å². The number of hydrogen-bond acceptors (Lipinski definition) is 5. The molecule has 0 radical (unpaired) electrons. The minimum absolute atomic E-state index is 0.111. The lowest BCUT2D eigenvalue weighted by atomic mass is 10.3. The van der Waals surface area contributed by atoms with E-state index in [1.54, 1.807) is 30.0 Å². The zero-order valence-corrected chi connectivity index (χ0v) is 16.9. The molecular weight excluding hydrogens is 397 g/mol. The number of halogens is 1. The normalized spacial score (nSPS) is 10.5. The van der Waals surface area contributed by atoms with E-state index in [0.29, 0.717) is 10.9 Å². The summed E-state index contributed by atoms with van der Waals surface area (Å²) in [5.41, 5.74) is 1.74. The second-order valence-electron chi connectivity index (χ2n) is 5.92. The van der Waals surface area contributed by atoms with Crippen LogP contribution >= 0.6 is 23.1 Å². The Bertz CT molecular complexity index is 989. The molecular formula is C20H18FN3O2S2. The smallest absolute Gasteiger partial charge is 0.230 e. The predicted octanol–water partition coefficient (Wildman–Crippen LogP) is 5.22. The van der Waals surface area contributed by atoms with Crippen LogP contribution in [-0.4, -0.2) is 16.8 Å². The molecule has 3 aromatic rings. The molecule has 0 aliphatic heterocycles. The van der Waals surface area contributed by atoms with Gasteiger partial charge in [-0.15, -0.1) is 23.1 Å². The molecule has 5 nitrogen and oxygen atoms in total. The van der Waals surface area contributed by atoms with Crippen LogP contribution in [0.5, 0.6) is 0 Å². The van der Waals surface area contributed by atoms with Crippen LogP contribution in [0, 0.1) is 5.82 Å². The Morgan fingerprint density at radius 1 is 1.14 bits per heavy atom. The fourth-order valence-corrected chi connectivity index (χ4v) is 4.28. The summed E-state index contributed by atoms with van der Waals surface area (Å²) < 4.78 is 14.1. The molecule has 144 valence electrons. The van der Waals surface area contributed by atoms with E-state index in [2.05, 4.69) is 10.3 Å². The van der Waals surface area contributed by atoms with Gasteiger partial charge < -0.3 is 5.32 Å². The molecule has 0 fully saturated rings. The number of thiazole rings is 1. The van der Waals surface area contributed by atoms with Gasteiger partial charge in [-0.25, -0.2) is 9.37 Å². The number of anilines is 3. The number of carbonyl (C=O) groups is 2. The van der Waals surface area contributed by atoms with Gasteiger partial charge in [0.15, 0.2) is 5.13 Å². The predicted molar refractivity (Wildman–Crippen MR) is 112 cm³/mol. The highest BCUT2D eigenvalue weighted by Gasteiger charge is 2.20. The zero-order chi connectivity index (χ0) is 20.1. The quantitative estimate of drug-likeness (QED) is 0.561. The van der Waals surface area contributed by atoms with Gasteiger partial charge in [-0.05, 0) is 36.4 Å². The largest absolute Gasteiger partial charge is 0.326 e. The summed E-state index contributed by atoms with van der Waals surface area (Å²) in [5, 5.41) is 5.03. The van der Waals surface area contributed by atoms with E-state index in [4.69, 9.17) is 0 Å². The van der Waals surface area contributed by atoms with Crippen molar-refractivity contribution in [1.29, 1.82) is 0 Å². The minimum atomic E-state index is -0.469. The van der Waals surface area contributed by atoms with Gasteiger partial charge in [0.2, 0.25) is 11.8 Å². The first-order valence-corrected chi connectivity index (χ1v) is 10.3. The third-order valence-electron chi connectivity index (χ3n) is 3.70. The first-order chi connectivity index (χ1) is 13.4. The summed E-state index contributed by atoms with van der Waals surface area (Å²) in [6, 6.07) is 13.7. The van der Waals surface area contributed by atoms with E-state index in [1.165, 1.54) is 36.2 Å². The maximum absolute atomic E-state index is 14.1. The molecule has 3 rings (SSSR count). The Hall–Kier alpha value is -2.71. The highest BCUT2D eigenvalue weighted by Crippen LogP contribution is 2.32. The van der Waals surface area contributed by atoms with E-state index in [0.717, 1.165) is 16.3 Å².